The first-order valence-electron chi connectivity index (χ1n) is 11.5. The third-order valence-electron chi connectivity index (χ3n) is 6.26. The highest BCUT2D eigenvalue weighted by Gasteiger charge is 2.24. The lowest BCUT2D eigenvalue weighted by Crippen LogP contribution is -2.39. The summed E-state index contributed by atoms with van der Waals surface area (Å²) >= 11 is 6.29. The molecule has 0 N–H and O–H groups in total. The SMILES string of the molecule is COc1ccccc1OC1CCN(Cc2nc(N3CCOCC3)c3cc(Cl)ccc3n2)CC1. The number of ether oxygens (including phenoxy) is 3. The fraction of sp³-hybridized carbons (Fsp3) is 0.440. The van der Waals surface area contributed by atoms with Crippen molar-refractivity contribution in [1.82, 2.24) is 14.9 Å². The summed E-state index contributed by atoms with van der Waals surface area (Å²) in [5, 5.41) is 1.70. The van der Waals surface area contributed by atoms with Gasteiger partial charge in [-0.05, 0) is 43.2 Å². The number of rotatable bonds is 6. The molecule has 0 radical (unpaired) electrons. The molecule has 1 aromatic heterocycles. The molecule has 0 bridgehead atoms. The van der Waals surface area contributed by atoms with Gasteiger partial charge in [0.05, 0.1) is 32.4 Å². The Kier molecular flexibility index (Phi) is 6.80. The van der Waals surface area contributed by atoms with E-state index in [1.807, 2.05) is 42.5 Å². The Morgan fingerprint density at radius 2 is 1.76 bits per heavy atom. The molecule has 2 aliphatic rings. The first-order valence-corrected chi connectivity index (χ1v) is 11.9. The first-order chi connectivity index (χ1) is 16.2. The molecule has 3 heterocycles. The van der Waals surface area contributed by atoms with Crippen LogP contribution < -0.4 is 14.4 Å². The number of hydrogen-bond acceptors (Lipinski definition) is 7. The van der Waals surface area contributed by atoms with E-state index < -0.39 is 0 Å². The van der Waals surface area contributed by atoms with Crippen LogP contribution in [0.5, 0.6) is 11.5 Å². The van der Waals surface area contributed by atoms with Gasteiger partial charge in [0.15, 0.2) is 11.5 Å². The second kappa shape index (κ2) is 10.1. The number of methoxy groups -OCH3 is 1. The minimum Gasteiger partial charge on any atom is -0.493 e. The van der Waals surface area contributed by atoms with Crippen LogP contribution in [0.15, 0.2) is 42.5 Å². The van der Waals surface area contributed by atoms with E-state index in [1.165, 1.54) is 0 Å². The largest absolute Gasteiger partial charge is 0.493 e. The van der Waals surface area contributed by atoms with E-state index in [1.54, 1.807) is 7.11 Å². The molecular weight excluding hydrogens is 440 g/mol. The molecule has 2 saturated heterocycles. The predicted octanol–water partition coefficient (Wildman–Crippen LogP) is 4.17. The topological polar surface area (TPSA) is 60.0 Å². The molecular formula is C25H29ClN4O3. The van der Waals surface area contributed by atoms with Crippen molar-refractivity contribution in [1.29, 1.82) is 0 Å². The van der Waals surface area contributed by atoms with Crippen LogP contribution in [0.1, 0.15) is 18.7 Å². The van der Waals surface area contributed by atoms with Crippen LogP contribution in [-0.4, -0.2) is 67.5 Å². The number of aromatic nitrogens is 2. The van der Waals surface area contributed by atoms with Crippen molar-refractivity contribution in [3.05, 3.63) is 53.3 Å². The van der Waals surface area contributed by atoms with Crippen molar-refractivity contribution in [3.63, 3.8) is 0 Å². The van der Waals surface area contributed by atoms with Crippen molar-refractivity contribution < 1.29 is 14.2 Å². The van der Waals surface area contributed by atoms with Gasteiger partial charge in [0.2, 0.25) is 0 Å². The average Bonchev–Trinajstić information content (AvgIpc) is 2.86. The molecule has 5 rings (SSSR count). The lowest BCUT2D eigenvalue weighted by atomic mass is 10.1. The molecule has 2 fully saturated rings. The third-order valence-corrected chi connectivity index (χ3v) is 6.49. The first kappa shape index (κ1) is 22.2. The number of morpholine rings is 1. The highest BCUT2D eigenvalue weighted by Crippen LogP contribution is 2.30. The lowest BCUT2D eigenvalue weighted by Gasteiger charge is -2.32. The molecule has 3 aromatic rings. The van der Waals surface area contributed by atoms with E-state index in [0.717, 1.165) is 79.6 Å². The Hall–Kier alpha value is -2.61. The Labute approximate surface area is 199 Å². The van der Waals surface area contributed by atoms with Gasteiger partial charge in [-0.2, -0.15) is 0 Å². The smallest absolute Gasteiger partial charge is 0.161 e. The number of hydrogen-bond donors (Lipinski definition) is 0. The summed E-state index contributed by atoms with van der Waals surface area (Å²) in [5.74, 6) is 3.39. The number of benzene rings is 2. The summed E-state index contributed by atoms with van der Waals surface area (Å²) < 4.78 is 17.2. The minimum atomic E-state index is 0.182. The van der Waals surface area contributed by atoms with E-state index in [-0.39, 0.29) is 6.10 Å². The van der Waals surface area contributed by atoms with Gasteiger partial charge in [-0.3, -0.25) is 4.90 Å². The summed E-state index contributed by atoms with van der Waals surface area (Å²) in [5.41, 5.74) is 0.931. The van der Waals surface area contributed by atoms with Crippen molar-refractivity contribution in [2.45, 2.75) is 25.5 Å². The van der Waals surface area contributed by atoms with Crippen molar-refractivity contribution in [2.24, 2.45) is 0 Å². The van der Waals surface area contributed by atoms with Gasteiger partial charge in [-0.1, -0.05) is 23.7 Å². The summed E-state index contributed by atoms with van der Waals surface area (Å²) in [6.45, 7) is 5.66. The standard InChI is InChI=1S/C25H29ClN4O3/c1-31-22-4-2-3-5-23(22)33-19-8-10-29(11-9-19)17-24-27-21-7-6-18(26)16-20(21)25(28-24)30-12-14-32-15-13-30/h2-7,16,19H,8-15,17H2,1H3. The molecule has 174 valence electrons. The maximum absolute atomic E-state index is 6.29. The predicted molar refractivity (Wildman–Crippen MR) is 130 cm³/mol. The molecule has 7 nitrogen and oxygen atoms in total. The van der Waals surface area contributed by atoms with E-state index in [0.29, 0.717) is 18.2 Å². The number of fused-ring (bicyclic) bond motifs is 1. The Morgan fingerprint density at radius 3 is 2.52 bits per heavy atom. The highest BCUT2D eigenvalue weighted by molar-refractivity contribution is 6.31. The quantitative estimate of drug-likeness (QED) is 0.538. The van der Waals surface area contributed by atoms with Gasteiger partial charge in [0.1, 0.15) is 17.7 Å². The van der Waals surface area contributed by atoms with Crippen molar-refractivity contribution in [2.75, 3.05) is 51.4 Å². The van der Waals surface area contributed by atoms with Crippen LogP contribution in [0, 0.1) is 0 Å². The summed E-state index contributed by atoms with van der Waals surface area (Å²) in [6, 6.07) is 13.7. The zero-order chi connectivity index (χ0) is 22.6. The fourth-order valence-electron chi connectivity index (χ4n) is 4.50. The zero-order valence-corrected chi connectivity index (χ0v) is 19.6. The molecule has 0 atom stereocenters. The van der Waals surface area contributed by atoms with Crippen LogP contribution >= 0.6 is 11.6 Å². The van der Waals surface area contributed by atoms with Crippen LogP contribution in [-0.2, 0) is 11.3 Å². The van der Waals surface area contributed by atoms with E-state index in [9.17, 15) is 0 Å². The monoisotopic (exact) mass is 468 g/mol. The van der Waals surface area contributed by atoms with Crippen LogP contribution in [0.3, 0.4) is 0 Å². The number of para-hydroxylation sites is 2. The maximum Gasteiger partial charge on any atom is 0.161 e. The van der Waals surface area contributed by atoms with Crippen LogP contribution in [0.4, 0.5) is 5.82 Å². The second-order valence-corrected chi connectivity index (χ2v) is 8.90. The van der Waals surface area contributed by atoms with Gasteiger partial charge in [-0.25, -0.2) is 9.97 Å². The number of likely N-dealkylation sites (tertiary alicyclic amines) is 1. The van der Waals surface area contributed by atoms with E-state index in [2.05, 4.69) is 9.80 Å². The molecule has 2 aromatic carbocycles. The fourth-order valence-corrected chi connectivity index (χ4v) is 4.67. The van der Waals surface area contributed by atoms with Gasteiger partial charge >= 0.3 is 0 Å². The molecule has 8 heteroatoms. The van der Waals surface area contributed by atoms with Crippen molar-refractivity contribution >= 4 is 28.3 Å². The minimum absolute atomic E-state index is 0.182. The van der Waals surface area contributed by atoms with Gasteiger partial charge in [0, 0.05) is 36.6 Å². The Balaban J connectivity index is 1.28. The molecule has 33 heavy (non-hydrogen) atoms. The molecule has 0 aliphatic carbocycles. The number of anilines is 1. The lowest BCUT2D eigenvalue weighted by molar-refractivity contribution is 0.0930. The van der Waals surface area contributed by atoms with Gasteiger partial charge in [-0.15, -0.1) is 0 Å². The normalized spacial score (nSPS) is 17.9. The number of halogens is 1. The second-order valence-electron chi connectivity index (χ2n) is 8.47. The number of nitrogens with zero attached hydrogens (tertiary/aromatic N) is 4. The molecule has 0 saturated carbocycles. The molecule has 0 amide bonds. The summed E-state index contributed by atoms with van der Waals surface area (Å²) in [4.78, 5) is 14.5. The molecule has 0 unspecified atom stereocenters. The zero-order valence-electron chi connectivity index (χ0n) is 18.9. The van der Waals surface area contributed by atoms with Crippen molar-refractivity contribution in [3.8, 4) is 11.5 Å². The number of piperidine rings is 1. The summed E-state index contributed by atoms with van der Waals surface area (Å²) in [7, 11) is 1.67. The van der Waals surface area contributed by atoms with Crippen LogP contribution in [0.25, 0.3) is 10.9 Å². The highest BCUT2D eigenvalue weighted by atomic mass is 35.5. The maximum atomic E-state index is 6.29. The van der Waals surface area contributed by atoms with E-state index >= 15 is 0 Å². The van der Waals surface area contributed by atoms with Gasteiger partial charge in [0.25, 0.3) is 0 Å². The Morgan fingerprint density at radius 1 is 1.00 bits per heavy atom. The van der Waals surface area contributed by atoms with E-state index in [4.69, 9.17) is 35.8 Å². The van der Waals surface area contributed by atoms with Gasteiger partial charge < -0.3 is 19.1 Å². The molecule has 0 spiro atoms. The average molecular weight is 469 g/mol. The third kappa shape index (κ3) is 5.16. The van der Waals surface area contributed by atoms with Crippen LogP contribution in [0.2, 0.25) is 5.02 Å². The molecule has 2 aliphatic heterocycles. The summed E-state index contributed by atoms with van der Waals surface area (Å²) in [6.07, 6.45) is 2.09. The Bertz CT molecular complexity index is 1100.